The first kappa shape index (κ1) is 16.6. The molecule has 3 rings (SSSR count). The van der Waals surface area contributed by atoms with Crippen LogP contribution in [0.15, 0.2) is 53.6 Å². The highest BCUT2D eigenvalue weighted by atomic mass is 19.1. The summed E-state index contributed by atoms with van der Waals surface area (Å²) in [6.45, 7) is 0. The third kappa shape index (κ3) is 3.47. The second-order valence-electron chi connectivity index (χ2n) is 5.53. The van der Waals surface area contributed by atoms with Gasteiger partial charge in [0.15, 0.2) is 0 Å². The van der Waals surface area contributed by atoms with Crippen molar-refractivity contribution in [3.05, 3.63) is 82.0 Å². The zero-order chi connectivity index (χ0) is 18.0. The van der Waals surface area contributed by atoms with E-state index in [2.05, 4.69) is 15.4 Å². The van der Waals surface area contributed by atoms with Gasteiger partial charge in [-0.1, -0.05) is 12.1 Å². The predicted molar refractivity (Wildman–Crippen MR) is 88.4 cm³/mol. The molecular weight excluding hydrogens is 325 g/mol. The molecule has 1 N–H and O–H groups in total. The molecule has 0 radical (unpaired) electrons. The van der Waals surface area contributed by atoms with Crippen LogP contribution in [0.4, 0.5) is 4.39 Å². The molecule has 0 fully saturated rings. The quantitative estimate of drug-likeness (QED) is 0.772. The van der Waals surface area contributed by atoms with Crippen molar-refractivity contribution in [2.75, 3.05) is 0 Å². The largest absolute Gasteiger partial charge is 0.337 e. The number of amides is 1. The summed E-state index contributed by atoms with van der Waals surface area (Å²) in [7, 11) is 3.27. The summed E-state index contributed by atoms with van der Waals surface area (Å²) in [5, 5.41) is 6.78. The fourth-order valence-electron chi connectivity index (χ4n) is 2.44. The van der Waals surface area contributed by atoms with E-state index < -0.39 is 11.9 Å². The molecule has 2 heterocycles. The molecule has 1 unspecified atom stereocenters. The fourth-order valence-corrected chi connectivity index (χ4v) is 2.44. The smallest absolute Gasteiger partial charge is 0.272 e. The monoisotopic (exact) mass is 341 g/mol. The first-order valence-electron chi connectivity index (χ1n) is 7.53. The van der Waals surface area contributed by atoms with Crippen molar-refractivity contribution in [2.45, 2.75) is 6.04 Å². The molecule has 0 saturated heterocycles. The fraction of sp³-hybridized carbons (Fsp3) is 0.176. The highest BCUT2D eigenvalue weighted by Crippen LogP contribution is 2.21. The van der Waals surface area contributed by atoms with Crippen LogP contribution in [0, 0.1) is 5.82 Å². The van der Waals surface area contributed by atoms with Gasteiger partial charge < -0.3 is 9.88 Å². The van der Waals surface area contributed by atoms with Crippen molar-refractivity contribution >= 4 is 5.91 Å². The van der Waals surface area contributed by atoms with Crippen molar-refractivity contribution in [3.63, 3.8) is 0 Å². The van der Waals surface area contributed by atoms with Gasteiger partial charge in [-0.3, -0.25) is 9.59 Å². The Bertz CT molecular complexity index is 962. The van der Waals surface area contributed by atoms with Crippen LogP contribution >= 0.6 is 0 Å². The number of nitrogens with one attached hydrogen (secondary N) is 1. The number of imidazole rings is 1. The van der Waals surface area contributed by atoms with Crippen LogP contribution in [0.3, 0.4) is 0 Å². The van der Waals surface area contributed by atoms with Crippen molar-refractivity contribution in [1.29, 1.82) is 0 Å². The molecule has 128 valence electrons. The van der Waals surface area contributed by atoms with Crippen LogP contribution in [0.25, 0.3) is 0 Å². The van der Waals surface area contributed by atoms with E-state index >= 15 is 0 Å². The Balaban J connectivity index is 1.96. The zero-order valence-corrected chi connectivity index (χ0v) is 13.7. The van der Waals surface area contributed by atoms with Gasteiger partial charge in [-0.15, -0.1) is 0 Å². The summed E-state index contributed by atoms with van der Waals surface area (Å²) in [6, 6.07) is 7.86. The average Bonchev–Trinajstić information content (AvgIpc) is 3.01. The van der Waals surface area contributed by atoms with Gasteiger partial charge in [0.25, 0.3) is 11.5 Å². The van der Waals surface area contributed by atoms with Crippen LogP contribution in [0.2, 0.25) is 0 Å². The number of hydrogen-bond donors (Lipinski definition) is 1. The number of rotatable bonds is 4. The molecule has 0 saturated carbocycles. The Kier molecular flexibility index (Phi) is 4.42. The van der Waals surface area contributed by atoms with Crippen molar-refractivity contribution < 1.29 is 9.18 Å². The van der Waals surface area contributed by atoms with E-state index in [0.717, 1.165) is 4.68 Å². The number of carbonyl (C=O) groups excluding carboxylic acids is 1. The number of benzene rings is 1. The Morgan fingerprint density at radius 1 is 1.16 bits per heavy atom. The molecular formula is C17H16FN5O2. The lowest BCUT2D eigenvalue weighted by Gasteiger charge is -2.19. The summed E-state index contributed by atoms with van der Waals surface area (Å²) >= 11 is 0. The lowest BCUT2D eigenvalue weighted by atomic mass is 10.1. The number of nitrogens with zero attached hydrogens (tertiary/aromatic N) is 4. The van der Waals surface area contributed by atoms with Gasteiger partial charge in [-0.2, -0.15) is 5.10 Å². The SMILES string of the molecule is Cn1ccnc1C(NC(=O)c1ccc(=O)n(C)n1)c1ccc(F)cc1. The van der Waals surface area contributed by atoms with Gasteiger partial charge in [0, 0.05) is 32.6 Å². The molecule has 0 spiro atoms. The summed E-state index contributed by atoms with van der Waals surface area (Å²) in [5.74, 6) is -0.244. The van der Waals surface area contributed by atoms with Crippen LogP contribution in [0.5, 0.6) is 0 Å². The van der Waals surface area contributed by atoms with Crippen LogP contribution in [-0.2, 0) is 14.1 Å². The second kappa shape index (κ2) is 6.68. The maximum absolute atomic E-state index is 13.2. The van der Waals surface area contributed by atoms with E-state index in [1.165, 1.54) is 31.3 Å². The third-order valence-corrected chi connectivity index (χ3v) is 3.79. The minimum Gasteiger partial charge on any atom is -0.337 e. The standard InChI is InChI=1S/C17H16FN5O2/c1-22-10-9-19-16(22)15(11-3-5-12(18)6-4-11)20-17(25)13-7-8-14(24)23(2)21-13/h3-10,15H,1-2H3,(H,20,25). The molecule has 1 amide bonds. The molecule has 0 bridgehead atoms. The number of halogens is 1. The van der Waals surface area contributed by atoms with Gasteiger partial charge in [0.1, 0.15) is 23.4 Å². The Morgan fingerprint density at radius 3 is 2.48 bits per heavy atom. The number of aryl methyl sites for hydroxylation is 2. The Morgan fingerprint density at radius 2 is 1.88 bits per heavy atom. The maximum Gasteiger partial charge on any atom is 0.272 e. The van der Waals surface area contributed by atoms with Gasteiger partial charge >= 0.3 is 0 Å². The van der Waals surface area contributed by atoms with E-state index in [4.69, 9.17) is 0 Å². The van der Waals surface area contributed by atoms with Crippen LogP contribution < -0.4 is 10.9 Å². The average molecular weight is 341 g/mol. The molecule has 0 aliphatic rings. The van der Waals surface area contributed by atoms with Crippen molar-refractivity contribution in [1.82, 2.24) is 24.6 Å². The molecule has 1 atom stereocenters. The predicted octanol–water partition coefficient (Wildman–Crippen LogP) is 1.17. The lowest BCUT2D eigenvalue weighted by Crippen LogP contribution is -2.33. The minimum atomic E-state index is -0.591. The van der Waals surface area contributed by atoms with E-state index in [1.54, 1.807) is 36.1 Å². The summed E-state index contributed by atoms with van der Waals surface area (Å²) < 4.78 is 16.1. The zero-order valence-electron chi connectivity index (χ0n) is 13.7. The van der Waals surface area contributed by atoms with Gasteiger partial charge in [-0.05, 0) is 23.8 Å². The van der Waals surface area contributed by atoms with Gasteiger partial charge in [-0.25, -0.2) is 14.1 Å². The third-order valence-electron chi connectivity index (χ3n) is 3.79. The first-order chi connectivity index (χ1) is 12.0. The van der Waals surface area contributed by atoms with E-state index in [-0.39, 0.29) is 17.1 Å². The van der Waals surface area contributed by atoms with Crippen molar-refractivity contribution in [2.24, 2.45) is 14.1 Å². The van der Waals surface area contributed by atoms with Crippen LogP contribution in [0.1, 0.15) is 27.9 Å². The van der Waals surface area contributed by atoms with Crippen LogP contribution in [-0.4, -0.2) is 25.2 Å². The minimum absolute atomic E-state index is 0.100. The number of aromatic nitrogens is 4. The highest BCUT2D eigenvalue weighted by Gasteiger charge is 2.22. The molecule has 3 aromatic rings. The molecule has 0 aliphatic carbocycles. The summed E-state index contributed by atoms with van der Waals surface area (Å²) in [4.78, 5) is 28.3. The van der Waals surface area contributed by atoms with E-state index in [9.17, 15) is 14.0 Å². The van der Waals surface area contributed by atoms with E-state index in [1.807, 2.05) is 0 Å². The highest BCUT2D eigenvalue weighted by molar-refractivity contribution is 5.92. The molecule has 1 aromatic carbocycles. The maximum atomic E-state index is 13.2. The molecule has 25 heavy (non-hydrogen) atoms. The summed E-state index contributed by atoms with van der Waals surface area (Å²) in [5.41, 5.74) is 0.466. The van der Waals surface area contributed by atoms with Gasteiger partial charge in [0.05, 0.1) is 0 Å². The Hall–Kier alpha value is -3.29. The number of hydrogen-bond acceptors (Lipinski definition) is 4. The second-order valence-corrected chi connectivity index (χ2v) is 5.53. The molecule has 7 nitrogen and oxygen atoms in total. The van der Waals surface area contributed by atoms with Crippen molar-refractivity contribution in [3.8, 4) is 0 Å². The topological polar surface area (TPSA) is 81.8 Å². The number of carbonyl (C=O) groups is 1. The van der Waals surface area contributed by atoms with E-state index in [0.29, 0.717) is 11.4 Å². The molecule has 2 aromatic heterocycles. The summed E-state index contributed by atoms with van der Waals surface area (Å²) in [6.07, 6.45) is 3.37. The lowest BCUT2D eigenvalue weighted by molar-refractivity contribution is 0.0933. The molecule has 0 aliphatic heterocycles. The first-order valence-corrected chi connectivity index (χ1v) is 7.53. The normalized spacial score (nSPS) is 12.0. The van der Waals surface area contributed by atoms with Gasteiger partial charge in [0.2, 0.25) is 0 Å². The molecule has 8 heteroatoms. The Labute approximate surface area is 142 Å².